The molecular formula is C9H15N. The van der Waals surface area contributed by atoms with Crippen molar-refractivity contribution in [2.24, 2.45) is 4.99 Å². The van der Waals surface area contributed by atoms with Crippen molar-refractivity contribution in [1.29, 1.82) is 0 Å². The van der Waals surface area contributed by atoms with Gasteiger partial charge in [-0.2, -0.15) is 0 Å². The van der Waals surface area contributed by atoms with Crippen LogP contribution in [0.4, 0.5) is 0 Å². The van der Waals surface area contributed by atoms with E-state index in [1.54, 1.807) is 0 Å². The van der Waals surface area contributed by atoms with Crippen molar-refractivity contribution in [3.8, 4) is 0 Å². The van der Waals surface area contributed by atoms with Crippen LogP contribution in [0.2, 0.25) is 0 Å². The third-order valence-corrected chi connectivity index (χ3v) is 0.956. The van der Waals surface area contributed by atoms with Crippen molar-refractivity contribution in [2.45, 2.75) is 27.7 Å². The number of hydrogen-bond donors (Lipinski definition) is 0. The van der Waals surface area contributed by atoms with Crippen LogP contribution in [-0.4, -0.2) is 5.71 Å². The molecule has 0 amide bonds. The molecule has 56 valence electrons. The summed E-state index contributed by atoms with van der Waals surface area (Å²) in [6.45, 7) is 8.01. The Kier molecular flexibility index (Phi) is 4.55. The van der Waals surface area contributed by atoms with E-state index in [1.807, 2.05) is 46.0 Å². The van der Waals surface area contributed by atoms with Crippen LogP contribution in [0.25, 0.3) is 0 Å². The van der Waals surface area contributed by atoms with E-state index >= 15 is 0 Å². The maximum Gasteiger partial charge on any atom is 0.0296 e. The summed E-state index contributed by atoms with van der Waals surface area (Å²) in [5, 5.41) is 0. The Balaban J connectivity index is 4.05. The van der Waals surface area contributed by atoms with E-state index in [0.29, 0.717) is 0 Å². The number of rotatable bonds is 2. The minimum atomic E-state index is 1.09. The van der Waals surface area contributed by atoms with Crippen molar-refractivity contribution in [1.82, 2.24) is 0 Å². The zero-order valence-electron chi connectivity index (χ0n) is 7.18. The summed E-state index contributed by atoms with van der Waals surface area (Å²) < 4.78 is 0. The molecule has 0 saturated carbocycles. The summed E-state index contributed by atoms with van der Waals surface area (Å²) in [7, 11) is 0. The van der Waals surface area contributed by atoms with Gasteiger partial charge in [0, 0.05) is 11.9 Å². The standard InChI is InChI=1S/C9H15N/c1-5-6-9(4)7-10-8(2)3/h5-7H,1-4H3/b6-5-,9-7-. The third-order valence-electron chi connectivity index (χ3n) is 0.956. The fraction of sp³-hybridized carbons (Fsp3) is 0.444. The topological polar surface area (TPSA) is 12.4 Å². The number of allylic oxidation sites excluding steroid dienone is 3. The lowest BCUT2D eigenvalue weighted by molar-refractivity contribution is 1.40. The molecule has 0 fully saturated rings. The summed E-state index contributed by atoms with van der Waals surface area (Å²) in [4.78, 5) is 4.15. The summed E-state index contributed by atoms with van der Waals surface area (Å²) in [6.07, 6.45) is 5.91. The van der Waals surface area contributed by atoms with Crippen molar-refractivity contribution in [2.75, 3.05) is 0 Å². The second kappa shape index (κ2) is 4.98. The van der Waals surface area contributed by atoms with E-state index in [0.717, 1.165) is 5.71 Å². The summed E-state index contributed by atoms with van der Waals surface area (Å²) in [6, 6.07) is 0. The van der Waals surface area contributed by atoms with Gasteiger partial charge >= 0.3 is 0 Å². The maximum atomic E-state index is 4.15. The highest BCUT2D eigenvalue weighted by Crippen LogP contribution is 1.94. The fourth-order valence-corrected chi connectivity index (χ4v) is 0.537. The fourth-order valence-electron chi connectivity index (χ4n) is 0.537. The Morgan fingerprint density at radius 1 is 1.20 bits per heavy atom. The number of hydrogen-bond acceptors (Lipinski definition) is 1. The second-order valence-electron chi connectivity index (χ2n) is 2.45. The van der Waals surface area contributed by atoms with Gasteiger partial charge in [0.05, 0.1) is 0 Å². The van der Waals surface area contributed by atoms with Crippen LogP contribution < -0.4 is 0 Å². The van der Waals surface area contributed by atoms with E-state index in [4.69, 9.17) is 0 Å². The zero-order chi connectivity index (χ0) is 7.98. The Morgan fingerprint density at radius 3 is 2.20 bits per heavy atom. The molecule has 0 N–H and O–H groups in total. The molecule has 0 atom stereocenters. The van der Waals surface area contributed by atoms with Gasteiger partial charge in [-0.3, -0.25) is 4.99 Å². The molecule has 0 heterocycles. The first kappa shape index (κ1) is 9.15. The molecular weight excluding hydrogens is 122 g/mol. The Bertz CT molecular complexity index is 169. The van der Waals surface area contributed by atoms with Gasteiger partial charge in [-0.1, -0.05) is 12.2 Å². The van der Waals surface area contributed by atoms with Gasteiger partial charge in [0.1, 0.15) is 0 Å². The smallest absolute Gasteiger partial charge is 0.0296 e. The van der Waals surface area contributed by atoms with Crippen LogP contribution in [0, 0.1) is 0 Å². The first-order chi connectivity index (χ1) is 4.66. The Hall–Kier alpha value is -0.850. The van der Waals surface area contributed by atoms with Crippen molar-refractivity contribution in [3.63, 3.8) is 0 Å². The molecule has 0 aromatic rings. The van der Waals surface area contributed by atoms with Crippen LogP contribution in [0.1, 0.15) is 27.7 Å². The van der Waals surface area contributed by atoms with Gasteiger partial charge in [-0.05, 0) is 33.3 Å². The number of aliphatic imine (C=N–C) groups is 1. The minimum Gasteiger partial charge on any atom is -0.266 e. The lowest BCUT2D eigenvalue weighted by atomic mass is 10.3. The monoisotopic (exact) mass is 137 g/mol. The molecule has 0 bridgehead atoms. The molecule has 0 aliphatic heterocycles. The van der Waals surface area contributed by atoms with E-state index in [-0.39, 0.29) is 0 Å². The highest BCUT2D eigenvalue weighted by molar-refractivity contribution is 5.79. The summed E-state index contributed by atoms with van der Waals surface area (Å²) in [5.74, 6) is 0. The molecule has 0 spiro atoms. The van der Waals surface area contributed by atoms with Crippen molar-refractivity contribution >= 4 is 5.71 Å². The number of nitrogens with zero attached hydrogens (tertiary/aromatic N) is 1. The van der Waals surface area contributed by atoms with Gasteiger partial charge in [0.2, 0.25) is 0 Å². The molecule has 0 radical (unpaired) electrons. The Labute approximate surface area is 63.2 Å². The second-order valence-corrected chi connectivity index (χ2v) is 2.45. The first-order valence-corrected chi connectivity index (χ1v) is 3.47. The average Bonchev–Trinajstić information content (AvgIpc) is 1.85. The predicted molar refractivity (Wildman–Crippen MR) is 47.4 cm³/mol. The minimum absolute atomic E-state index is 1.09. The average molecular weight is 137 g/mol. The molecule has 0 aliphatic carbocycles. The van der Waals surface area contributed by atoms with E-state index in [1.165, 1.54) is 5.57 Å². The SMILES string of the molecule is C/C=C\C(C)=C/N=C(C)C. The normalized spacial score (nSPS) is 12.2. The molecule has 0 aromatic heterocycles. The van der Waals surface area contributed by atoms with Crippen LogP contribution >= 0.6 is 0 Å². The van der Waals surface area contributed by atoms with Crippen LogP contribution in [-0.2, 0) is 0 Å². The molecule has 0 rings (SSSR count). The summed E-state index contributed by atoms with van der Waals surface area (Å²) in [5.41, 5.74) is 2.27. The highest BCUT2D eigenvalue weighted by atomic mass is 14.7. The van der Waals surface area contributed by atoms with Crippen LogP contribution in [0.15, 0.2) is 28.9 Å². The molecule has 0 saturated heterocycles. The van der Waals surface area contributed by atoms with Gasteiger partial charge in [0.15, 0.2) is 0 Å². The zero-order valence-corrected chi connectivity index (χ0v) is 7.18. The lowest BCUT2D eigenvalue weighted by Crippen LogP contribution is -1.76. The lowest BCUT2D eigenvalue weighted by Gasteiger charge is -1.87. The predicted octanol–water partition coefficient (Wildman–Crippen LogP) is 2.95. The molecule has 0 unspecified atom stereocenters. The molecule has 0 aliphatic rings. The van der Waals surface area contributed by atoms with Crippen LogP contribution in [0.5, 0.6) is 0 Å². The Morgan fingerprint density at radius 2 is 1.80 bits per heavy atom. The van der Waals surface area contributed by atoms with Gasteiger partial charge < -0.3 is 0 Å². The van der Waals surface area contributed by atoms with Gasteiger partial charge in [-0.25, -0.2) is 0 Å². The molecule has 1 nitrogen and oxygen atoms in total. The summed E-state index contributed by atoms with van der Waals surface area (Å²) >= 11 is 0. The highest BCUT2D eigenvalue weighted by Gasteiger charge is 1.77. The van der Waals surface area contributed by atoms with E-state index in [9.17, 15) is 0 Å². The van der Waals surface area contributed by atoms with Crippen LogP contribution in [0.3, 0.4) is 0 Å². The van der Waals surface area contributed by atoms with Crippen molar-refractivity contribution < 1.29 is 0 Å². The van der Waals surface area contributed by atoms with E-state index < -0.39 is 0 Å². The molecule has 0 aromatic carbocycles. The first-order valence-electron chi connectivity index (χ1n) is 3.47. The van der Waals surface area contributed by atoms with Gasteiger partial charge in [-0.15, -0.1) is 0 Å². The maximum absolute atomic E-state index is 4.15. The molecule has 10 heavy (non-hydrogen) atoms. The van der Waals surface area contributed by atoms with Gasteiger partial charge in [0.25, 0.3) is 0 Å². The van der Waals surface area contributed by atoms with E-state index in [2.05, 4.69) is 4.99 Å². The quantitative estimate of drug-likeness (QED) is 0.410. The largest absolute Gasteiger partial charge is 0.266 e. The third kappa shape index (κ3) is 5.29. The molecule has 1 heteroatoms. The van der Waals surface area contributed by atoms with Crippen molar-refractivity contribution in [3.05, 3.63) is 23.9 Å².